The summed E-state index contributed by atoms with van der Waals surface area (Å²) in [4.78, 5) is 14.0. The average Bonchev–Trinajstić information content (AvgIpc) is 2.99. The molecule has 24 heavy (non-hydrogen) atoms. The van der Waals surface area contributed by atoms with Crippen LogP contribution in [0.5, 0.6) is 11.5 Å². The topological polar surface area (TPSA) is 38.8 Å². The quantitative estimate of drug-likeness (QED) is 0.762. The van der Waals surface area contributed by atoms with E-state index in [1.165, 1.54) is 0 Å². The summed E-state index contributed by atoms with van der Waals surface area (Å²) >= 11 is 5.98. The van der Waals surface area contributed by atoms with Crippen molar-refractivity contribution in [3.05, 3.63) is 58.1 Å². The third-order valence-electron chi connectivity index (χ3n) is 4.64. The molecule has 2 unspecified atom stereocenters. The zero-order valence-corrected chi connectivity index (χ0v) is 14.7. The molecule has 2 aromatic carbocycles. The summed E-state index contributed by atoms with van der Waals surface area (Å²) in [5.74, 6) is 1.42. The Morgan fingerprint density at radius 2 is 1.92 bits per heavy atom. The first-order valence-corrected chi connectivity index (χ1v) is 8.18. The number of rotatable bonds is 5. The zero-order valence-electron chi connectivity index (χ0n) is 14.0. The molecule has 0 radical (unpaired) electrons. The van der Waals surface area contributed by atoms with Crippen molar-refractivity contribution < 1.29 is 14.3 Å². The van der Waals surface area contributed by atoms with Gasteiger partial charge in [0.25, 0.3) is 0 Å². The Balaban J connectivity index is 1.99. The number of aldehydes is 1. The van der Waals surface area contributed by atoms with E-state index >= 15 is 0 Å². The van der Waals surface area contributed by atoms with Gasteiger partial charge in [-0.25, -0.2) is 0 Å². The van der Waals surface area contributed by atoms with E-state index in [0.717, 1.165) is 28.7 Å². The van der Waals surface area contributed by atoms with E-state index in [4.69, 9.17) is 21.1 Å². The Labute approximate surface area is 146 Å². The number of nitrogens with zero attached hydrogens (tertiary/aromatic N) is 1. The van der Waals surface area contributed by atoms with Crippen molar-refractivity contribution in [3.8, 4) is 11.5 Å². The van der Waals surface area contributed by atoms with E-state index in [9.17, 15) is 4.79 Å². The van der Waals surface area contributed by atoms with Crippen molar-refractivity contribution in [2.45, 2.75) is 25.6 Å². The SMILES string of the molecule is COc1cc2c(c(OC)c1)C(C=O)N(C(C)c1ccc(Cl)cc1)C2. The van der Waals surface area contributed by atoms with Gasteiger partial charge in [-0.05, 0) is 36.2 Å². The molecule has 5 heteroatoms. The van der Waals surface area contributed by atoms with E-state index < -0.39 is 0 Å². The van der Waals surface area contributed by atoms with Crippen LogP contribution in [0.25, 0.3) is 0 Å². The third-order valence-corrected chi connectivity index (χ3v) is 4.89. The summed E-state index contributed by atoms with van der Waals surface area (Å²) in [6.45, 7) is 2.76. The molecular formula is C19H20ClNO3. The molecule has 1 aliphatic heterocycles. The van der Waals surface area contributed by atoms with Crippen LogP contribution in [-0.4, -0.2) is 25.4 Å². The minimum absolute atomic E-state index is 0.0700. The van der Waals surface area contributed by atoms with Gasteiger partial charge in [0.1, 0.15) is 17.8 Å². The van der Waals surface area contributed by atoms with Crippen LogP contribution < -0.4 is 9.47 Å². The van der Waals surface area contributed by atoms with Crippen molar-refractivity contribution >= 4 is 17.9 Å². The van der Waals surface area contributed by atoms with Gasteiger partial charge in [0.2, 0.25) is 0 Å². The molecule has 0 aliphatic carbocycles. The molecule has 0 amide bonds. The normalized spacial score (nSPS) is 18.1. The monoisotopic (exact) mass is 345 g/mol. The van der Waals surface area contributed by atoms with E-state index in [2.05, 4.69) is 11.8 Å². The highest BCUT2D eigenvalue weighted by atomic mass is 35.5. The van der Waals surface area contributed by atoms with Crippen LogP contribution in [-0.2, 0) is 11.3 Å². The molecule has 126 valence electrons. The molecule has 0 saturated carbocycles. The van der Waals surface area contributed by atoms with E-state index in [-0.39, 0.29) is 12.1 Å². The van der Waals surface area contributed by atoms with Gasteiger partial charge in [0, 0.05) is 29.2 Å². The number of ether oxygens (including phenoxy) is 2. The Morgan fingerprint density at radius 3 is 2.50 bits per heavy atom. The minimum atomic E-state index is -0.341. The van der Waals surface area contributed by atoms with Gasteiger partial charge in [-0.3, -0.25) is 4.90 Å². The lowest BCUT2D eigenvalue weighted by atomic mass is 10.0. The molecule has 2 aromatic rings. The van der Waals surface area contributed by atoms with E-state index in [1.54, 1.807) is 14.2 Å². The molecule has 0 saturated heterocycles. The predicted octanol–water partition coefficient (Wildman–Crippen LogP) is 4.17. The molecule has 3 rings (SSSR count). The zero-order chi connectivity index (χ0) is 17.3. The summed E-state index contributed by atoms with van der Waals surface area (Å²) in [7, 11) is 3.24. The van der Waals surface area contributed by atoms with E-state index in [1.807, 2.05) is 36.4 Å². The van der Waals surface area contributed by atoms with Crippen molar-refractivity contribution in [1.82, 2.24) is 4.90 Å². The smallest absolute Gasteiger partial charge is 0.141 e. The maximum atomic E-state index is 11.8. The Bertz CT molecular complexity index is 745. The second-order valence-electron chi connectivity index (χ2n) is 5.88. The molecule has 0 fully saturated rings. The van der Waals surface area contributed by atoms with Gasteiger partial charge in [-0.15, -0.1) is 0 Å². The van der Waals surface area contributed by atoms with Crippen molar-refractivity contribution in [2.24, 2.45) is 0 Å². The number of benzene rings is 2. The number of hydrogen-bond acceptors (Lipinski definition) is 4. The van der Waals surface area contributed by atoms with Crippen LogP contribution in [0.4, 0.5) is 0 Å². The lowest BCUT2D eigenvalue weighted by Gasteiger charge is -2.28. The minimum Gasteiger partial charge on any atom is -0.497 e. The lowest BCUT2D eigenvalue weighted by Crippen LogP contribution is -2.26. The Hall–Kier alpha value is -2.04. The van der Waals surface area contributed by atoms with Crippen LogP contribution in [0, 0.1) is 0 Å². The fourth-order valence-electron chi connectivity index (χ4n) is 3.33. The maximum Gasteiger partial charge on any atom is 0.141 e. The first kappa shape index (κ1) is 16.8. The molecule has 0 bridgehead atoms. The van der Waals surface area contributed by atoms with Crippen LogP contribution in [0.2, 0.25) is 5.02 Å². The van der Waals surface area contributed by atoms with Crippen molar-refractivity contribution in [1.29, 1.82) is 0 Å². The predicted molar refractivity (Wildman–Crippen MR) is 93.8 cm³/mol. The van der Waals surface area contributed by atoms with Crippen LogP contribution >= 0.6 is 11.6 Å². The summed E-state index contributed by atoms with van der Waals surface area (Å²) < 4.78 is 10.8. The van der Waals surface area contributed by atoms with Crippen LogP contribution in [0.15, 0.2) is 36.4 Å². The summed E-state index contributed by atoms with van der Waals surface area (Å²) in [5, 5.41) is 0.703. The van der Waals surface area contributed by atoms with Gasteiger partial charge in [-0.1, -0.05) is 23.7 Å². The van der Waals surface area contributed by atoms with Gasteiger partial charge < -0.3 is 14.3 Å². The molecule has 4 nitrogen and oxygen atoms in total. The number of methoxy groups -OCH3 is 2. The van der Waals surface area contributed by atoms with Gasteiger partial charge in [0.05, 0.1) is 20.3 Å². The van der Waals surface area contributed by atoms with Gasteiger partial charge in [-0.2, -0.15) is 0 Å². The second-order valence-corrected chi connectivity index (χ2v) is 6.32. The van der Waals surface area contributed by atoms with Gasteiger partial charge >= 0.3 is 0 Å². The largest absolute Gasteiger partial charge is 0.497 e. The Morgan fingerprint density at radius 1 is 1.21 bits per heavy atom. The number of carbonyl (C=O) groups excluding carboxylic acids is 1. The fraction of sp³-hybridized carbons (Fsp3) is 0.316. The molecule has 0 spiro atoms. The average molecular weight is 346 g/mol. The Kier molecular flexibility index (Phi) is 4.78. The first-order chi connectivity index (χ1) is 11.6. The first-order valence-electron chi connectivity index (χ1n) is 7.80. The standard InChI is InChI=1S/C19H20ClNO3/c1-12(13-4-6-15(20)7-5-13)21-10-14-8-16(23-2)9-18(24-3)19(14)17(21)11-22/h4-9,11-12,17H,10H2,1-3H3. The summed E-state index contributed by atoms with van der Waals surface area (Å²) in [6, 6.07) is 11.3. The summed E-state index contributed by atoms with van der Waals surface area (Å²) in [5.41, 5.74) is 3.10. The molecule has 2 atom stereocenters. The number of halogens is 1. The molecular weight excluding hydrogens is 326 g/mol. The third kappa shape index (κ3) is 2.87. The van der Waals surface area contributed by atoms with E-state index in [0.29, 0.717) is 17.3 Å². The molecule has 1 aliphatic rings. The maximum absolute atomic E-state index is 11.8. The highest BCUT2D eigenvalue weighted by Gasteiger charge is 2.36. The van der Waals surface area contributed by atoms with Crippen molar-refractivity contribution in [2.75, 3.05) is 14.2 Å². The number of hydrogen-bond donors (Lipinski definition) is 0. The van der Waals surface area contributed by atoms with Gasteiger partial charge in [0.15, 0.2) is 0 Å². The number of fused-ring (bicyclic) bond motifs is 1. The highest BCUT2D eigenvalue weighted by Crippen LogP contribution is 2.44. The lowest BCUT2D eigenvalue weighted by molar-refractivity contribution is -0.113. The van der Waals surface area contributed by atoms with Crippen LogP contribution in [0.1, 0.15) is 35.7 Å². The summed E-state index contributed by atoms with van der Waals surface area (Å²) in [6.07, 6.45) is 0.979. The molecule has 1 heterocycles. The fourth-order valence-corrected chi connectivity index (χ4v) is 3.45. The van der Waals surface area contributed by atoms with Crippen LogP contribution in [0.3, 0.4) is 0 Å². The molecule has 0 N–H and O–H groups in total. The second kappa shape index (κ2) is 6.83. The van der Waals surface area contributed by atoms with Crippen molar-refractivity contribution in [3.63, 3.8) is 0 Å². The number of carbonyl (C=O) groups is 1. The molecule has 0 aromatic heterocycles. The highest BCUT2D eigenvalue weighted by molar-refractivity contribution is 6.30.